The van der Waals surface area contributed by atoms with Crippen LogP contribution in [-0.2, 0) is 14.8 Å². The van der Waals surface area contributed by atoms with Gasteiger partial charge in [0.1, 0.15) is 17.9 Å². The molecule has 1 fully saturated rings. The van der Waals surface area contributed by atoms with Gasteiger partial charge >= 0.3 is 0 Å². The molecule has 11 heteroatoms. The molecule has 3 aromatic heterocycles. The predicted molar refractivity (Wildman–Crippen MR) is 187 cm³/mol. The summed E-state index contributed by atoms with van der Waals surface area (Å²) in [6, 6.07) is 25.7. The Kier molecular flexibility index (Phi) is 8.10. The molecule has 1 aliphatic rings. The van der Waals surface area contributed by atoms with Gasteiger partial charge in [0.25, 0.3) is 15.6 Å². The van der Waals surface area contributed by atoms with Gasteiger partial charge in [0.2, 0.25) is 5.91 Å². The number of amides is 1. The first-order chi connectivity index (χ1) is 23.1. The largest absolute Gasteiger partial charge is 0.492 e. The summed E-state index contributed by atoms with van der Waals surface area (Å²) in [6.45, 7) is 6.56. The number of benzene rings is 3. The van der Waals surface area contributed by atoms with Gasteiger partial charge in [-0.05, 0) is 80.1 Å². The minimum atomic E-state index is -3.98. The molecule has 1 atom stereocenters. The molecular formula is C37H35N5O5S. The summed E-state index contributed by atoms with van der Waals surface area (Å²) in [5.41, 5.74) is 4.61. The van der Waals surface area contributed by atoms with Crippen LogP contribution in [0, 0.1) is 6.92 Å². The number of nitrogens with zero attached hydrogens (tertiary/aromatic N) is 4. The molecule has 10 nitrogen and oxygen atoms in total. The van der Waals surface area contributed by atoms with Crippen molar-refractivity contribution in [2.24, 2.45) is 0 Å². The molecule has 244 valence electrons. The third-order valence-corrected chi connectivity index (χ3v) is 10.8. The normalized spacial score (nSPS) is 15.8. The molecule has 1 amide bonds. The standard InChI is InChI=1S/C37H35N5O5S/c1-24-4-12-30(13-5-24)48(45,46)42-17-16-31-32(23-38-36(43)35(31)42)27-8-14-34-28(22-27)9-15-33(39-34)26-6-10-29(11-7-26)47-21-20-41-19-18-40(3)37(44)25(41)2/h4-17,22-23,25H,18-21H2,1-3H3,(H,38,43)/t25-/m1/s1. The summed E-state index contributed by atoms with van der Waals surface area (Å²) in [4.78, 5) is 36.9. The van der Waals surface area contributed by atoms with Crippen LogP contribution >= 0.6 is 0 Å². The summed E-state index contributed by atoms with van der Waals surface area (Å²) < 4.78 is 34.0. The van der Waals surface area contributed by atoms with E-state index in [-0.39, 0.29) is 22.4 Å². The van der Waals surface area contributed by atoms with Crippen molar-refractivity contribution in [3.8, 4) is 28.1 Å². The van der Waals surface area contributed by atoms with Crippen LogP contribution in [0.2, 0.25) is 0 Å². The lowest BCUT2D eigenvalue weighted by molar-refractivity contribution is -0.139. The lowest BCUT2D eigenvalue weighted by Crippen LogP contribution is -2.55. The van der Waals surface area contributed by atoms with Gasteiger partial charge in [0.15, 0.2) is 0 Å². The van der Waals surface area contributed by atoms with Gasteiger partial charge < -0.3 is 14.6 Å². The second kappa shape index (κ2) is 12.4. The van der Waals surface area contributed by atoms with Crippen molar-refractivity contribution >= 4 is 37.7 Å². The van der Waals surface area contributed by atoms with E-state index in [9.17, 15) is 18.0 Å². The molecule has 48 heavy (non-hydrogen) atoms. The van der Waals surface area contributed by atoms with E-state index in [4.69, 9.17) is 9.72 Å². The number of piperazine rings is 1. The van der Waals surface area contributed by atoms with Crippen LogP contribution < -0.4 is 10.3 Å². The molecule has 0 unspecified atom stereocenters. The number of ether oxygens (including phenoxy) is 1. The third-order valence-electron chi connectivity index (χ3n) is 9.08. The summed E-state index contributed by atoms with van der Waals surface area (Å²) >= 11 is 0. The highest BCUT2D eigenvalue weighted by Crippen LogP contribution is 2.32. The highest BCUT2D eigenvalue weighted by Gasteiger charge is 2.29. The highest BCUT2D eigenvalue weighted by molar-refractivity contribution is 7.90. The SMILES string of the molecule is Cc1ccc(S(=O)(=O)n2ccc3c(-c4ccc5nc(-c6ccc(OCCN7CCN(C)C(=O)[C@H]7C)cc6)ccc5c4)c[nH]c(=O)c32)cc1. The van der Waals surface area contributed by atoms with Gasteiger partial charge in [-0.1, -0.05) is 29.8 Å². The summed E-state index contributed by atoms with van der Waals surface area (Å²) in [5, 5.41) is 1.44. The molecule has 1 N–H and O–H groups in total. The first-order valence-corrected chi connectivity index (χ1v) is 17.2. The molecule has 3 aromatic carbocycles. The number of aryl methyl sites for hydroxylation is 1. The van der Waals surface area contributed by atoms with Gasteiger partial charge in [0.05, 0.1) is 22.1 Å². The molecule has 0 radical (unpaired) electrons. The van der Waals surface area contributed by atoms with Crippen molar-refractivity contribution in [1.82, 2.24) is 23.7 Å². The van der Waals surface area contributed by atoms with Crippen molar-refractivity contribution in [1.29, 1.82) is 0 Å². The van der Waals surface area contributed by atoms with E-state index in [2.05, 4.69) is 9.88 Å². The number of carbonyl (C=O) groups excluding carboxylic acids is 1. The number of rotatable bonds is 8. The number of pyridine rings is 2. The van der Waals surface area contributed by atoms with E-state index < -0.39 is 15.6 Å². The number of aromatic nitrogens is 3. The smallest absolute Gasteiger partial charge is 0.273 e. The van der Waals surface area contributed by atoms with E-state index in [1.807, 2.05) is 75.5 Å². The topological polar surface area (TPSA) is 118 Å². The van der Waals surface area contributed by atoms with E-state index in [0.29, 0.717) is 24.1 Å². The highest BCUT2D eigenvalue weighted by atomic mass is 32.2. The number of H-pyrrole nitrogens is 1. The molecule has 1 saturated heterocycles. The third kappa shape index (κ3) is 5.75. The fraction of sp³-hybridized carbons (Fsp3) is 0.216. The number of likely N-dealkylation sites (N-methyl/N-ethyl adjacent to an activating group) is 1. The Hall–Kier alpha value is -5.26. The number of fused-ring (bicyclic) bond motifs is 2. The zero-order valence-electron chi connectivity index (χ0n) is 26.9. The summed E-state index contributed by atoms with van der Waals surface area (Å²) in [7, 11) is -2.14. The molecule has 0 bridgehead atoms. The van der Waals surface area contributed by atoms with Crippen LogP contribution in [0.1, 0.15) is 12.5 Å². The van der Waals surface area contributed by atoms with Gasteiger partial charge in [-0.3, -0.25) is 14.5 Å². The Labute approximate surface area is 278 Å². The van der Waals surface area contributed by atoms with Gasteiger partial charge in [-0.25, -0.2) is 17.4 Å². The van der Waals surface area contributed by atoms with Crippen molar-refractivity contribution in [2.75, 3.05) is 33.3 Å². The second-order valence-electron chi connectivity index (χ2n) is 12.2. The zero-order chi connectivity index (χ0) is 33.6. The van der Waals surface area contributed by atoms with Crippen LogP contribution in [0.25, 0.3) is 44.2 Å². The number of carbonyl (C=O) groups is 1. The van der Waals surface area contributed by atoms with Gasteiger partial charge in [-0.15, -0.1) is 0 Å². The average molecular weight is 662 g/mol. The van der Waals surface area contributed by atoms with E-state index in [1.54, 1.807) is 41.4 Å². The fourth-order valence-electron chi connectivity index (χ4n) is 6.22. The summed E-state index contributed by atoms with van der Waals surface area (Å²) in [6.07, 6.45) is 3.05. The van der Waals surface area contributed by atoms with Crippen molar-refractivity contribution in [2.45, 2.75) is 24.8 Å². The van der Waals surface area contributed by atoms with Crippen LogP contribution in [0.3, 0.4) is 0 Å². The van der Waals surface area contributed by atoms with Crippen LogP contribution in [0.5, 0.6) is 5.75 Å². The molecule has 0 spiro atoms. The Balaban J connectivity index is 1.10. The van der Waals surface area contributed by atoms with E-state index in [0.717, 1.165) is 56.1 Å². The zero-order valence-corrected chi connectivity index (χ0v) is 27.7. The van der Waals surface area contributed by atoms with Crippen LogP contribution in [0.15, 0.2) is 107 Å². The number of nitrogens with one attached hydrogen (secondary N) is 1. The average Bonchev–Trinajstić information content (AvgIpc) is 3.56. The Bertz CT molecular complexity index is 2330. The molecule has 0 aliphatic carbocycles. The lowest BCUT2D eigenvalue weighted by Gasteiger charge is -2.37. The molecule has 1 aliphatic heterocycles. The van der Waals surface area contributed by atoms with Crippen LogP contribution in [0.4, 0.5) is 0 Å². The van der Waals surface area contributed by atoms with E-state index in [1.165, 1.54) is 6.20 Å². The first kappa shape index (κ1) is 31.3. The fourth-order valence-corrected chi connectivity index (χ4v) is 7.57. The number of hydrogen-bond acceptors (Lipinski definition) is 7. The molecule has 0 saturated carbocycles. The van der Waals surface area contributed by atoms with E-state index >= 15 is 0 Å². The Morgan fingerprint density at radius 1 is 0.917 bits per heavy atom. The van der Waals surface area contributed by atoms with Crippen molar-refractivity contribution in [3.63, 3.8) is 0 Å². The molecule has 4 heterocycles. The lowest BCUT2D eigenvalue weighted by atomic mass is 10.0. The molecule has 7 rings (SSSR count). The maximum absolute atomic E-state index is 13.5. The Morgan fingerprint density at radius 2 is 1.67 bits per heavy atom. The summed E-state index contributed by atoms with van der Waals surface area (Å²) in [5.74, 6) is 0.894. The predicted octanol–water partition coefficient (Wildman–Crippen LogP) is 5.30. The van der Waals surface area contributed by atoms with Crippen molar-refractivity contribution < 1.29 is 17.9 Å². The van der Waals surface area contributed by atoms with Crippen molar-refractivity contribution in [3.05, 3.63) is 113 Å². The Morgan fingerprint density at radius 3 is 2.44 bits per heavy atom. The second-order valence-corrected chi connectivity index (χ2v) is 14.0. The molecule has 6 aromatic rings. The monoisotopic (exact) mass is 661 g/mol. The maximum Gasteiger partial charge on any atom is 0.273 e. The van der Waals surface area contributed by atoms with Gasteiger partial charge in [0, 0.05) is 61.0 Å². The minimum Gasteiger partial charge on any atom is -0.492 e. The first-order valence-electron chi connectivity index (χ1n) is 15.8. The maximum atomic E-state index is 13.5. The quantitative estimate of drug-likeness (QED) is 0.235. The number of hydrogen-bond donors (Lipinski definition) is 1. The van der Waals surface area contributed by atoms with Crippen LogP contribution in [-0.4, -0.2) is 77.4 Å². The minimum absolute atomic E-state index is 0.0676. The number of aromatic amines is 1. The molecular weight excluding hydrogens is 627 g/mol. The van der Waals surface area contributed by atoms with Gasteiger partial charge in [-0.2, -0.15) is 0 Å².